The zero-order valence-electron chi connectivity index (χ0n) is 44.0. The molecule has 0 aliphatic carbocycles. The van der Waals surface area contributed by atoms with Gasteiger partial charge < -0.3 is 14.2 Å². The van der Waals surface area contributed by atoms with Crippen LogP contribution in [0.4, 0.5) is 0 Å². The summed E-state index contributed by atoms with van der Waals surface area (Å²) in [5.41, 5.74) is 0. The summed E-state index contributed by atoms with van der Waals surface area (Å²) in [5.74, 6) is -0.864. The van der Waals surface area contributed by atoms with Crippen LogP contribution in [-0.4, -0.2) is 37.2 Å². The molecule has 6 nitrogen and oxygen atoms in total. The number of carbonyl (C=O) groups excluding carboxylic acids is 3. The molecule has 0 bridgehead atoms. The van der Waals surface area contributed by atoms with Gasteiger partial charge in [-0.1, -0.05) is 268 Å². The first-order valence-electron chi connectivity index (χ1n) is 28.6. The Balaban J connectivity index is 3.99. The quantitative estimate of drug-likeness (QED) is 0.0262. The first-order valence-corrected chi connectivity index (χ1v) is 28.6. The van der Waals surface area contributed by atoms with Crippen LogP contribution in [-0.2, 0) is 28.6 Å². The number of hydrogen-bond acceptors (Lipinski definition) is 6. The molecule has 66 heavy (non-hydrogen) atoms. The normalized spacial score (nSPS) is 12.3. The van der Waals surface area contributed by atoms with Crippen molar-refractivity contribution in [3.05, 3.63) is 48.6 Å². The molecule has 384 valence electrons. The Bertz CT molecular complexity index is 1150. The van der Waals surface area contributed by atoms with Crippen LogP contribution >= 0.6 is 0 Å². The molecule has 0 saturated carbocycles. The molecule has 0 amide bonds. The summed E-state index contributed by atoms with van der Waals surface area (Å²) in [6.45, 7) is 6.49. The Hall–Kier alpha value is -2.63. The number of ether oxygens (including phenoxy) is 3. The van der Waals surface area contributed by atoms with E-state index in [0.717, 1.165) is 83.5 Å². The molecule has 0 heterocycles. The molecule has 0 N–H and O–H groups in total. The molecular formula is C60H108O6. The molecule has 0 rings (SSSR count). The fourth-order valence-corrected chi connectivity index (χ4v) is 8.32. The molecule has 0 aliphatic heterocycles. The van der Waals surface area contributed by atoms with E-state index < -0.39 is 6.10 Å². The zero-order chi connectivity index (χ0) is 47.9. The second-order valence-electron chi connectivity index (χ2n) is 19.2. The van der Waals surface area contributed by atoms with E-state index in [1.165, 1.54) is 173 Å². The summed E-state index contributed by atoms with van der Waals surface area (Å²) in [4.78, 5) is 37.8. The van der Waals surface area contributed by atoms with Crippen LogP contribution < -0.4 is 0 Å². The van der Waals surface area contributed by atoms with Crippen molar-refractivity contribution in [2.24, 2.45) is 0 Å². The maximum atomic E-state index is 12.7. The SMILES string of the molecule is CC/C=C\C/C=C\C/C=C\C/C=C\CCCCCCCCCCCCCCCCCCC(=O)OCC(COC(=O)CCCCCCCC)OC(=O)CCCCCCCCCCCCCCC. The van der Waals surface area contributed by atoms with Crippen molar-refractivity contribution >= 4 is 17.9 Å². The van der Waals surface area contributed by atoms with Crippen LogP contribution in [0.25, 0.3) is 0 Å². The highest BCUT2D eigenvalue weighted by Crippen LogP contribution is 2.17. The third-order valence-electron chi connectivity index (χ3n) is 12.6. The minimum Gasteiger partial charge on any atom is -0.462 e. The number of rotatable bonds is 52. The van der Waals surface area contributed by atoms with Crippen molar-refractivity contribution in [3.63, 3.8) is 0 Å². The van der Waals surface area contributed by atoms with Crippen molar-refractivity contribution in [2.75, 3.05) is 13.2 Å². The minimum absolute atomic E-state index is 0.0682. The van der Waals surface area contributed by atoms with E-state index in [9.17, 15) is 14.4 Å². The average Bonchev–Trinajstić information content (AvgIpc) is 3.31. The van der Waals surface area contributed by atoms with Crippen molar-refractivity contribution in [2.45, 2.75) is 303 Å². The van der Waals surface area contributed by atoms with Gasteiger partial charge in [0.15, 0.2) is 6.10 Å². The molecule has 1 atom stereocenters. The van der Waals surface area contributed by atoms with Gasteiger partial charge in [-0.3, -0.25) is 14.4 Å². The largest absolute Gasteiger partial charge is 0.462 e. The van der Waals surface area contributed by atoms with Crippen LogP contribution in [0.2, 0.25) is 0 Å². The van der Waals surface area contributed by atoms with E-state index in [-0.39, 0.29) is 31.1 Å². The van der Waals surface area contributed by atoms with Gasteiger partial charge in [-0.2, -0.15) is 0 Å². The Labute approximate surface area is 409 Å². The molecule has 0 aliphatic rings. The van der Waals surface area contributed by atoms with Gasteiger partial charge in [-0.25, -0.2) is 0 Å². The van der Waals surface area contributed by atoms with E-state index in [1.54, 1.807) is 0 Å². The predicted molar refractivity (Wildman–Crippen MR) is 284 cm³/mol. The minimum atomic E-state index is -0.764. The Morgan fingerprint density at radius 3 is 0.924 bits per heavy atom. The second-order valence-corrected chi connectivity index (χ2v) is 19.2. The summed E-state index contributed by atoms with van der Waals surface area (Å²) in [6.07, 6.45) is 67.2. The topological polar surface area (TPSA) is 78.9 Å². The molecule has 0 aromatic heterocycles. The molecule has 1 unspecified atom stereocenters. The Morgan fingerprint density at radius 1 is 0.318 bits per heavy atom. The smallest absolute Gasteiger partial charge is 0.306 e. The van der Waals surface area contributed by atoms with E-state index in [0.29, 0.717) is 19.3 Å². The molecular weight excluding hydrogens is 817 g/mol. The first kappa shape index (κ1) is 63.4. The van der Waals surface area contributed by atoms with Gasteiger partial charge in [0.2, 0.25) is 0 Å². The van der Waals surface area contributed by atoms with Crippen molar-refractivity contribution in [1.82, 2.24) is 0 Å². The number of carbonyl (C=O) groups is 3. The third-order valence-corrected chi connectivity index (χ3v) is 12.6. The van der Waals surface area contributed by atoms with Crippen LogP contribution in [0.1, 0.15) is 297 Å². The molecule has 0 aromatic carbocycles. The van der Waals surface area contributed by atoms with Crippen LogP contribution in [0.3, 0.4) is 0 Å². The summed E-state index contributed by atoms with van der Waals surface area (Å²) in [7, 11) is 0. The van der Waals surface area contributed by atoms with Crippen LogP contribution in [0.5, 0.6) is 0 Å². The lowest BCUT2D eigenvalue weighted by molar-refractivity contribution is -0.167. The van der Waals surface area contributed by atoms with Crippen molar-refractivity contribution < 1.29 is 28.6 Å². The van der Waals surface area contributed by atoms with Crippen LogP contribution in [0, 0.1) is 0 Å². The molecule has 0 fully saturated rings. The molecule has 0 radical (unpaired) electrons. The number of allylic oxidation sites excluding steroid dienone is 8. The van der Waals surface area contributed by atoms with Gasteiger partial charge in [-0.15, -0.1) is 0 Å². The second kappa shape index (κ2) is 55.0. The van der Waals surface area contributed by atoms with Gasteiger partial charge in [0.1, 0.15) is 13.2 Å². The molecule has 0 spiro atoms. The molecule has 6 heteroatoms. The maximum absolute atomic E-state index is 12.7. The highest BCUT2D eigenvalue weighted by molar-refractivity contribution is 5.71. The summed E-state index contributed by atoms with van der Waals surface area (Å²) in [5, 5.41) is 0. The fraction of sp³-hybridized carbons (Fsp3) is 0.817. The van der Waals surface area contributed by atoms with Gasteiger partial charge >= 0.3 is 17.9 Å². The Morgan fingerprint density at radius 2 is 0.591 bits per heavy atom. The standard InChI is InChI=1S/C60H108O6/c1-4-7-10-13-16-18-20-22-23-24-25-26-27-28-29-30-31-32-33-34-35-36-37-39-40-42-44-47-50-53-59(62)65-56-57(55-64-58(61)52-49-46-15-12-9-6-3)66-60(63)54-51-48-45-43-41-38-21-19-17-14-11-8-5-2/h7,10,16,18,22-23,25-26,57H,4-6,8-9,11-15,17,19-21,24,27-56H2,1-3H3/b10-7-,18-16-,23-22-,26-25-. The van der Waals surface area contributed by atoms with Gasteiger partial charge in [0.05, 0.1) is 0 Å². The lowest BCUT2D eigenvalue weighted by Gasteiger charge is -2.18. The van der Waals surface area contributed by atoms with Crippen molar-refractivity contribution in [1.29, 1.82) is 0 Å². The highest BCUT2D eigenvalue weighted by atomic mass is 16.6. The van der Waals surface area contributed by atoms with Crippen molar-refractivity contribution in [3.8, 4) is 0 Å². The molecule has 0 saturated heterocycles. The molecule has 0 aromatic rings. The maximum Gasteiger partial charge on any atom is 0.306 e. The van der Waals surface area contributed by atoms with Crippen LogP contribution in [0.15, 0.2) is 48.6 Å². The van der Waals surface area contributed by atoms with E-state index >= 15 is 0 Å². The highest BCUT2D eigenvalue weighted by Gasteiger charge is 2.19. The zero-order valence-corrected chi connectivity index (χ0v) is 44.0. The summed E-state index contributed by atoms with van der Waals surface area (Å²) in [6, 6.07) is 0. The number of unbranched alkanes of at least 4 members (excludes halogenated alkanes) is 33. The summed E-state index contributed by atoms with van der Waals surface area (Å²) < 4.78 is 16.7. The summed E-state index contributed by atoms with van der Waals surface area (Å²) >= 11 is 0. The number of hydrogen-bond donors (Lipinski definition) is 0. The first-order chi connectivity index (χ1) is 32.5. The van der Waals surface area contributed by atoms with Gasteiger partial charge in [-0.05, 0) is 57.8 Å². The van der Waals surface area contributed by atoms with Gasteiger partial charge in [0, 0.05) is 19.3 Å². The van der Waals surface area contributed by atoms with E-state index in [2.05, 4.69) is 69.4 Å². The predicted octanol–water partition coefficient (Wildman–Crippen LogP) is 19.0. The Kier molecular flexibility index (Phi) is 52.8. The average molecular weight is 926 g/mol. The fourth-order valence-electron chi connectivity index (χ4n) is 8.32. The third kappa shape index (κ3) is 52.3. The number of esters is 3. The lowest BCUT2D eigenvalue weighted by Crippen LogP contribution is -2.30. The van der Waals surface area contributed by atoms with Gasteiger partial charge in [0.25, 0.3) is 0 Å². The van der Waals surface area contributed by atoms with E-state index in [4.69, 9.17) is 14.2 Å². The monoisotopic (exact) mass is 925 g/mol. The van der Waals surface area contributed by atoms with E-state index in [1.807, 2.05) is 0 Å². The lowest BCUT2D eigenvalue weighted by atomic mass is 10.0.